The molecule has 1 atom stereocenters. The van der Waals surface area contributed by atoms with Crippen molar-refractivity contribution in [2.24, 2.45) is 5.92 Å². The molecule has 0 aliphatic rings. The van der Waals surface area contributed by atoms with Crippen LogP contribution in [-0.4, -0.2) is 0 Å². The average Bonchev–Trinajstić information content (AvgIpc) is 2.89. The molecule has 0 fully saturated rings. The van der Waals surface area contributed by atoms with Crippen LogP contribution >= 0.6 is 0 Å². The lowest BCUT2D eigenvalue weighted by Crippen LogP contribution is -2.00. The van der Waals surface area contributed by atoms with E-state index in [4.69, 9.17) is 0 Å². The highest BCUT2D eigenvalue weighted by atomic mass is 14.1. The molecule has 36 heavy (non-hydrogen) atoms. The molecule has 0 N–H and O–H groups in total. The van der Waals surface area contributed by atoms with E-state index in [1.807, 2.05) is 0 Å². The number of hydrogen-bond donors (Lipinski definition) is 0. The summed E-state index contributed by atoms with van der Waals surface area (Å²) < 4.78 is 0. The van der Waals surface area contributed by atoms with Crippen LogP contribution in [0.15, 0.2) is 0 Å². The molecular formula is C36H74. The van der Waals surface area contributed by atoms with Crippen molar-refractivity contribution in [1.29, 1.82) is 0 Å². The van der Waals surface area contributed by atoms with Gasteiger partial charge in [0.05, 0.1) is 0 Å². The molecule has 0 bridgehead atoms. The molecule has 0 aliphatic heterocycles. The first-order chi connectivity index (χ1) is 17.8. The smallest absolute Gasteiger partial charge is 0.0414 e. The van der Waals surface area contributed by atoms with E-state index in [0.29, 0.717) is 0 Å². The number of hydrogen-bond acceptors (Lipinski definition) is 0. The van der Waals surface area contributed by atoms with Crippen LogP contribution in [0.1, 0.15) is 226 Å². The summed E-state index contributed by atoms with van der Waals surface area (Å²) in [5, 5.41) is 0. The highest BCUT2D eigenvalue weighted by molar-refractivity contribution is 4.61. The maximum Gasteiger partial charge on any atom is -0.0414 e. The van der Waals surface area contributed by atoms with E-state index in [0.717, 1.165) is 5.92 Å². The normalized spacial score (nSPS) is 12.4. The molecular weight excluding hydrogens is 432 g/mol. The molecule has 0 spiro atoms. The molecule has 1 unspecified atom stereocenters. The molecule has 0 heterocycles. The Morgan fingerprint density at radius 3 is 0.667 bits per heavy atom. The van der Waals surface area contributed by atoms with Gasteiger partial charge >= 0.3 is 0 Å². The Morgan fingerprint density at radius 1 is 0.222 bits per heavy atom. The fraction of sp³-hybridized carbons (Fsp3) is 1.00. The van der Waals surface area contributed by atoms with Crippen LogP contribution in [0.5, 0.6) is 0 Å². The first-order valence-electron chi connectivity index (χ1n) is 17.8. The van der Waals surface area contributed by atoms with Gasteiger partial charge in [-0.15, -0.1) is 0 Å². The van der Waals surface area contributed by atoms with Gasteiger partial charge in [-0.3, -0.25) is 0 Å². The van der Waals surface area contributed by atoms with Gasteiger partial charge in [-0.05, 0) is 5.92 Å². The average molecular weight is 507 g/mol. The first kappa shape index (κ1) is 36.0. The lowest BCUT2D eigenvalue weighted by atomic mass is 9.90. The van der Waals surface area contributed by atoms with Crippen LogP contribution in [0, 0.1) is 5.92 Å². The maximum atomic E-state index is 2.39. The van der Waals surface area contributed by atoms with Gasteiger partial charge in [0.15, 0.2) is 0 Å². The van der Waals surface area contributed by atoms with E-state index in [-0.39, 0.29) is 0 Å². The Labute approximate surface area is 232 Å². The van der Waals surface area contributed by atoms with Crippen LogP contribution in [0.3, 0.4) is 0 Å². The second-order valence-corrected chi connectivity index (χ2v) is 12.4. The molecule has 0 aliphatic carbocycles. The topological polar surface area (TPSA) is 0 Å². The standard InChI is InChI=1S/C36H74/c1-4-7-9-11-13-15-17-18-19-20-21-22-23-24-26-28-30-32-35-36(33-6-3)34-31-29-27-25-16-14-12-10-8-5-2/h36H,4-35H2,1-3H3. The fourth-order valence-corrected chi connectivity index (χ4v) is 6.10. The molecule has 0 aromatic rings. The van der Waals surface area contributed by atoms with Crippen molar-refractivity contribution in [2.75, 3.05) is 0 Å². The predicted molar refractivity (Wildman–Crippen MR) is 168 cm³/mol. The van der Waals surface area contributed by atoms with Crippen molar-refractivity contribution in [3.8, 4) is 0 Å². The summed E-state index contributed by atoms with van der Waals surface area (Å²) in [5.74, 6) is 1.03. The van der Waals surface area contributed by atoms with E-state index < -0.39 is 0 Å². The van der Waals surface area contributed by atoms with Gasteiger partial charge in [-0.2, -0.15) is 0 Å². The van der Waals surface area contributed by atoms with Crippen LogP contribution in [0.25, 0.3) is 0 Å². The highest BCUT2D eigenvalue weighted by Gasteiger charge is 2.07. The molecule has 0 saturated heterocycles. The quantitative estimate of drug-likeness (QED) is 0.0795. The van der Waals surface area contributed by atoms with Gasteiger partial charge in [0.1, 0.15) is 0 Å². The lowest BCUT2D eigenvalue weighted by molar-refractivity contribution is 0.376. The van der Waals surface area contributed by atoms with Crippen molar-refractivity contribution in [3.05, 3.63) is 0 Å². The lowest BCUT2D eigenvalue weighted by Gasteiger charge is -2.16. The molecule has 218 valence electrons. The molecule has 0 radical (unpaired) electrons. The van der Waals surface area contributed by atoms with E-state index in [1.165, 1.54) is 205 Å². The van der Waals surface area contributed by atoms with Crippen molar-refractivity contribution in [3.63, 3.8) is 0 Å². The van der Waals surface area contributed by atoms with Gasteiger partial charge in [0.2, 0.25) is 0 Å². The zero-order valence-electron chi connectivity index (χ0n) is 26.2. The first-order valence-corrected chi connectivity index (χ1v) is 17.8. The van der Waals surface area contributed by atoms with E-state index >= 15 is 0 Å². The summed E-state index contributed by atoms with van der Waals surface area (Å²) in [5.41, 5.74) is 0. The SMILES string of the molecule is CCCCCCCCCCCCCCCCCCCCC(CCC)CCCCCCCCCCCC. The fourth-order valence-electron chi connectivity index (χ4n) is 6.10. The molecule has 0 aromatic heterocycles. The maximum absolute atomic E-state index is 2.39. The second kappa shape index (κ2) is 33.0. The molecule has 0 amide bonds. The number of rotatable bonds is 32. The summed E-state index contributed by atoms with van der Waals surface area (Å²) in [4.78, 5) is 0. The summed E-state index contributed by atoms with van der Waals surface area (Å²) in [6, 6.07) is 0. The van der Waals surface area contributed by atoms with Crippen LogP contribution < -0.4 is 0 Å². The van der Waals surface area contributed by atoms with Gasteiger partial charge in [-0.25, -0.2) is 0 Å². The van der Waals surface area contributed by atoms with E-state index in [1.54, 1.807) is 0 Å². The molecule has 0 nitrogen and oxygen atoms in total. The third kappa shape index (κ3) is 30.2. The third-order valence-electron chi connectivity index (χ3n) is 8.63. The van der Waals surface area contributed by atoms with Gasteiger partial charge < -0.3 is 0 Å². The molecule has 0 rings (SSSR count). The van der Waals surface area contributed by atoms with E-state index in [9.17, 15) is 0 Å². The highest BCUT2D eigenvalue weighted by Crippen LogP contribution is 2.23. The number of unbranched alkanes of at least 4 members (excludes halogenated alkanes) is 26. The van der Waals surface area contributed by atoms with Gasteiger partial charge in [0.25, 0.3) is 0 Å². The summed E-state index contributed by atoms with van der Waals surface area (Å²) >= 11 is 0. The minimum absolute atomic E-state index is 1.03. The van der Waals surface area contributed by atoms with Crippen LogP contribution in [0.2, 0.25) is 0 Å². The molecule has 0 aromatic carbocycles. The van der Waals surface area contributed by atoms with Gasteiger partial charge in [-0.1, -0.05) is 226 Å². The summed E-state index contributed by atoms with van der Waals surface area (Å²) in [6.45, 7) is 7.01. The minimum Gasteiger partial charge on any atom is -0.0654 e. The van der Waals surface area contributed by atoms with Crippen LogP contribution in [-0.2, 0) is 0 Å². The summed E-state index contributed by atoms with van der Waals surface area (Å²) in [6.07, 6.45) is 47.3. The Kier molecular flexibility index (Phi) is 33.0. The zero-order valence-corrected chi connectivity index (χ0v) is 26.2. The monoisotopic (exact) mass is 507 g/mol. The Balaban J connectivity index is 3.33. The second-order valence-electron chi connectivity index (χ2n) is 12.4. The summed E-state index contributed by atoms with van der Waals surface area (Å²) in [7, 11) is 0. The van der Waals surface area contributed by atoms with Gasteiger partial charge in [0, 0.05) is 0 Å². The van der Waals surface area contributed by atoms with Crippen molar-refractivity contribution in [2.45, 2.75) is 226 Å². The Morgan fingerprint density at radius 2 is 0.444 bits per heavy atom. The Bertz CT molecular complexity index is 359. The van der Waals surface area contributed by atoms with E-state index in [2.05, 4.69) is 20.8 Å². The van der Waals surface area contributed by atoms with Crippen molar-refractivity contribution >= 4 is 0 Å². The predicted octanol–water partition coefficient (Wildman–Crippen LogP) is 14.1. The minimum atomic E-state index is 1.03. The van der Waals surface area contributed by atoms with Crippen LogP contribution in [0.4, 0.5) is 0 Å². The van der Waals surface area contributed by atoms with Crippen molar-refractivity contribution < 1.29 is 0 Å². The van der Waals surface area contributed by atoms with Crippen molar-refractivity contribution in [1.82, 2.24) is 0 Å². The molecule has 0 heteroatoms. The third-order valence-corrected chi connectivity index (χ3v) is 8.63. The zero-order chi connectivity index (χ0) is 26.2. The largest absolute Gasteiger partial charge is 0.0654 e. The Hall–Kier alpha value is 0. The molecule has 0 saturated carbocycles.